The number of hydrogen-bond donors (Lipinski definition) is 2. The lowest BCUT2D eigenvalue weighted by Crippen LogP contribution is -2.34. The second kappa shape index (κ2) is 9.79. The van der Waals surface area contributed by atoms with E-state index in [1.807, 2.05) is 30.3 Å². The number of hydrogen-bond acceptors (Lipinski definition) is 4. The van der Waals surface area contributed by atoms with E-state index in [1.54, 1.807) is 36.4 Å². The topological polar surface area (TPSA) is 101 Å². The summed E-state index contributed by atoms with van der Waals surface area (Å²) in [6, 6.07) is 23.6. The lowest BCUT2D eigenvalue weighted by atomic mass is 10.1. The van der Waals surface area contributed by atoms with Gasteiger partial charge in [0.1, 0.15) is 5.70 Å². The van der Waals surface area contributed by atoms with Gasteiger partial charge < -0.3 is 10.6 Å². The lowest BCUT2D eigenvalue weighted by molar-refractivity contribution is -0.384. The van der Waals surface area contributed by atoms with Gasteiger partial charge in [0.2, 0.25) is 0 Å². The summed E-state index contributed by atoms with van der Waals surface area (Å²) in [6.45, 7) is 0.271. The van der Waals surface area contributed by atoms with Crippen LogP contribution in [0.25, 0.3) is 6.08 Å². The summed E-state index contributed by atoms with van der Waals surface area (Å²) in [5.74, 6) is -0.961. The molecule has 0 aliphatic heterocycles. The van der Waals surface area contributed by atoms with Crippen LogP contribution in [0.15, 0.2) is 90.6 Å². The van der Waals surface area contributed by atoms with Gasteiger partial charge in [-0.2, -0.15) is 0 Å². The second-order valence-corrected chi connectivity index (χ2v) is 6.40. The quantitative estimate of drug-likeness (QED) is 0.358. The number of benzene rings is 3. The van der Waals surface area contributed by atoms with Gasteiger partial charge in [0, 0.05) is 24.2 Å². The summed E-state index contributed by atoms with van der Waals surface area (Å²) in [5.41, 5.74) is 1.58. The molecule has 2 amide bonds. The van der Waals surface area contributed by atoms with Gasteiger partial charge in [-0.05, 0) is 29.3 Å². The molecule has 0 radical (unpaired) electrons. The minimum absolute atomic E-state index is 0.0136. The fourth-order valence-corrected chi connectivity index (χ4v) is 2.71. The molecule has 0 saturated carbocycles. The number of amides is 2. The zero-order valence-corrected chi connectivity index (χ0v) is 15.9. The molecule has 0 saturated heterocycles. The average molecular weight is 401 g/mol. The van der Waals surface area contributed by atoms with Crippen molar-refractivity contribution in [3.05, 3.63) is 117 Å². The molecule has 0 aliphatic carbocycles. The zero-order chi connectivity index (χ0) is 21.3. The maximum atomic E-state index is 12.8. The van der Waals surface area contributed by atoms with Crippen molar-refractivity contribution in [1.82, 2.24) is 10.6 Å². The number of nitrogens with zero attached hydrogens (tertiary/aromatic N) is 1. The minimum Gasteiger partial charge on any atom is -0.347 e. The molecule has 7 nitrogen and oxygen atoms in total. The van der Waals surface area contributed by atoms with Crippen molar-refractivity contribution in [2.75, 3.05) is 0 Å². The van der Waals surface area contributed by atoms with Crippen LogP contribution in [0.3, 0.4) is 0 Å². The summed E-state index contributed by atoms with van der Waals surface area (Å²) < 4.78 is 0. The predicted molar refractivity (Wildman–Crippen MR) is 113 cm³/mol. The highest BCUT2D eigenvalue weighted by Crippen LogP contribution is 2.15. The summed E-state index contributed by atoms with van der Waals surface area (Å²) in [4.78, 5) is 35.8. The van der Waals surface area contributed by atoms with Crippen molar-refractivity contribution < 1.29 is 14.5 Å². The van der Waals surface area contributed by atoms with Crippen molar-refractivity contribution in [1.29, 1.82) is 0 Å². The molecule has 0 heterocycles. The van der Waals surface area contributed by atoms with E-state index in [-0.39, 0.29) is 17.9 Å². The van der Waals surface area contributed by atoms with E-state index in [0.29, 0.717) is 11.1 Å². The van der Waals surface area contributed by atoms with Crippen LogP contribution in [-0.4, -0.2) is 16.7 Å². The molecule has 150 valence electrons. The van der Waals surface area contributed by atoms with Crippen molar-refractivity contribution >= 4 is 23.6 Å². The van der Waals surface area contributed by atoms with E-state index >= 15 is 0 Å². The molecule has 0 aromatic heterocycles. The maximum Gasteiger partial charge on any atom is 0.270 e. The van der Waals surface area contributed by atoms with Crippen LogP contribution in [-0.2, 0) is 11.3 Å². The summed E-state index contributed by atoms with van der Waals surface area (Å²) in [7, 11) is 0. The molecular weight excluding hydrogens is 382 g/mol. The Morgan fingerprint density at radius 2 is 1.57 bits per heavy atom. The number of carbonyl (C=O) groups excluding carboxylic acids is 2. The first-order valence-electron chi connectivity index (χ1n) is 9.17. The molecule has 3 aromatic carbocycles. The minimum atomic E-state index is -0.519. The van der Waals surface area contributed by atoms with E-state index in [0.717, 1.165) is 5.56 Å². The standard InChI is InChI=1S/C23H19N3O4/c27-22(19-11-5-2-6-12-19)25-21(15-18-10-7-13-20(14-18)26(29)30)23(28)24-16-17-8-3-1-4-9-17/h1-15H,16H2,(H,24,28)(H,25,27). The SMILES string of the molecule is O=C(NCc1ccccc1)C(=Cc1cccc([N+](=O)[O-])c1)NC(=O)c1ccccc1. The molecule has 0 aliphatic rings. The van der Waals surface area contributed by atoms with Crippen LogP contribution in [0.2, 0.25) is 0 Å². The van der Waals surface area contributed by atoms with Gasteiger partial charge in [-0.15, -0.1) is 0 Å². The Balaban J connectivity index is 1.85. The van der Waals surface area contributed by atoms with Crippen molar-refractivity contribution in [2.45, 2.75) is 6.54 Å². The summed E-state index contributed by atoms with van der Waals surface area (Å²) in [5, 5.41) is 16.4. The Hall–Kier alpha value is -4.26. The largest absolute Gasteiger partial charge is 0.347 e. The predicted octanol–water partition coefficient (Wildman–Crippen LogP) is 3.68. The average Bonchev–Trinajstić information content (AvgIpc) is 2.78. The Morgan fingerprint density at radius 3 is 2.23 bits per heavy atom. The Bertz CT molecular complexity index is 1080. The Morgan fingerprint density at radius 1 is 0.900 bits per heavy atom. The maximum absolute atomic E-state index is 12.8. The third-order valence-electron chi connectivity index (χ3n) is 4.22. The van der Waals surface area contributed by atoms with Crippen LogP contribution < -0.4 is 10.6 Å². The van der Waals surface area contributed by atoms with E-state index in [1.165, 1.54) is 24.3 Å². The number of rotatable bonds is 7. The molecule has 0 unspecified atom stereocenters. The molecule has 0 spiro atoms. The normalized spacial score (nSPS) is 10.9. The van der Waals surface area contributed by atoms with Crippen molar-refractivity contribution in [3.8, 4) is 0 Å². The zero-order valence-electron chi connectivity index (χ0n) is 15.9. The summed E-state index contributed by atoms with van der Waals surface area (Å²) >= 11 is 0. The van der Waals surface area contributed by atoms with E-state index in [4.69, 9.17) is 0 Å². The van der Waals surface area contributed by atoms with Crippen LogP contribution in [0.1, 0.15) is 21.5 Å². The molecule has 2 N–H and O–H groups in total. The Kier molecular flexibility index (Phi) is 6.68. The summed E-state index contributed by atoms with van der Waals surface area (Å²) in [6.07, 6.45) is 1.41. The number of carbonyl (C=O) groups is 2. The van der Waals surface area contributed by atoms with Gasteiger partial charge in [-0.3, -0.25) is 19.7 Å². The molecule has 3 aromatic rings. The first-order valence-corrected chi connectivity index (χ1v) is 9.17. The molecule has 3 rings (SSSR count). The lowest BCUT2D eigenvalue weighted by Gasteiger charge is -2.11. The molecule has 0 atom stereocenters. The smallest absolute Gasteiger partial charge is 0.270 e. The monoisotopic (exact) mass is 401 g/mol. The fraction of sp³-hybridized carbons (Fsp3) is 0.0435. The van der Waals surface area contributed by atoms with Crippen molar-refractivity contribution in [2.24, 2.45) is 0 Å². The number of nitro benzene ring substituents is 1. The Labute approximate surface area is 173 Å². The van der Waals surface area contributed by atoms with Gasteiger partial charge in [0.25, 0.3) is 17.5 Å². The third kappa shape index (κ3) is 5.62. The first-order chi connectivity index (χ1) is 14.5. The second-order valence-electron chi connectivity index (χ2n) is 6.40. The van der Waals surface area contributed by atoms with Crippen LogP contribution in [0, 0.1) is 10.1 Å². The van der Waals surface area contributed by atoms with Crippen LogP contribution >= 0.6 is 0 Å². The molecule has 30 heavy (non-hydrogen) atoms. The van der Waals surface area contributed by atoms with Gasteiger partial charge in [-0.1, -0.05) is 60.7 Å². The number of non-ortho nitro benzene ring substituents is 1. The third-order valence-corrected chi connectivity index (χ3v) is 4.22. The van der Waals surface area contributed by atoms with Crippen LogP contribution in [0.4, 0.5) is 5.69 Å². The highest BCUT2D eigenvalue weighted by molar-refractivity contribution is 6.05. The fourth-order valence-electron chi connectivity index (χ4n) is 2.71. The highest BCUT2D eigenvalue weighted by atomic mass is 16.6. The van der Waals surface area contributed by atoms with Crippen molar-refractivity contribution in [3.63, 3.8) is 0 Å². The van der Waals surface area contributed by atoms with Gasteiger partial charge in [-0.25, -0.2) is 0 Å². The highest BCUT2D eigenvalue weighted by Gasteiger charge is 2.15. The number of nitrogens with one attached hydrogen (secondary N) is 2. The first kappa shape index (κ1) is 20.5. The van der Waals surface area contributed by atoms with Gasteiger partial charge >= 0.3 is 0 Å². The number of nitro groups is 1. The molecule has 7 heteroatoms. The van der Waals surface area contributed by atoms with Gasteiger partial charge in [0.05, 0.1) is 4.92 Å². The van der Waals surface area contributed by atoms with E-state index < -0.39 is 16.7 Å². The van der Waals surface area contributed by atoms with Crippen LogP contribution in [0.5, 0.6) is 0 Å². The molecular formula is C23H19N3O4. The van der Waals surface area contributed by atoms with E-state index in [2.05, 4.69) is 10.6 Å². The molecule has 0 bridgehead atoms. The van der Waals surface area contributed by atoms with E-state index in [9.17, 15) is 19.7 Å². The molecule has 0 fully saturated rings. The van der Waals surface area contributed by atoms with Gasteiger partial charge in [0.15, 0.2) is 0 Å².